The van der Waals surface area contributed by atoms with E-state index < -0.39 is 0 Å². The van der Waals surface area contributed by atoms with Gasteiger partial charge < -0.3 is 5.01 Å². The lowest BCUT2D eigenvalue weighted by atomic mass is 10.3. The fraction of sp³-hybridized carbons (Fsp3) is 0.667. The smallest absolute Gasteiger partial charge is 0.303 e. The van der Waals surface area contributed by atoms with Crippen molar-refractivity contribution in [3.05, 3.63) is 32.6 Å². The number of rotatable bonds is 6. The second kappa shape index (κ2) is 5.50. The first kappa shape index (κ1) is 14.1. The molecule has 0 radical (unpaired) electrons. The molecule has 0 amide bonds. The molecule has 2 fully saturated rings. The van der Waals surface area contributed by atoms with E-state index in [0.717, 1.165) is 12.8 Å². The summed E-state index contributed by atoms with van der Waals surface area (Å²) >= 11 is 0. The minimum Gasteiger partial charge on any atom is -0.303 e. The van der Waals surface area contributed by atoms with Crippen molar-refractivity contribution >= 4 is 6.21 Å². The highest BCUT2D eigenvalue weighted by Crippen LogP contribution is 2.31. The highest BCUT2D eigenvalue weighted by molar-refractivity contribution is 5.76. The SMILES string of the molecule is CN(C)/N=C/c1cc(=O)n(CC2CC2)c(=O)n1CC1CC1. The van der Waals surface area contributed by atoms with Crippen molar-refractivity contribution in [2.24, 2.45) is 16.9 Å². The Morgan fingerprint density at radius 1 is 1.14 bits per heavy atom. The van der Waals surface area contributed by atoms with Crippen LogP contribution in [0.15, 0.2) is 20.8 Å². The van der Waals surface area contributed by atoms with Gasteiger partial charge in [0.1, 0.15) is 0 Å². The Bertz CT molecular complexity index is 663. The molecule has 6 nitrogen and oxygen atoms in total. The predicted molar refractivity (Wildman–Crippen MR) is 81.7 cm³/mol. The number of hydrogen-bond acceptors (Lipinski definition) is 4. The summed E-state index contributed by atoms with van der Waals surface area (Å²) in [6, 6.07) is 1.54. The zero-order valence-corrected chi connectivity index (χ0v) is 12.7. The van der Waals surface area contributed by atoms with E-state index in [1.165, 1.54) is 17.4 Å². The summed E-state index contributed by atoms with van der Waals surface area (Å²) in [5.41, 5.74) is 0.221. The van der Waals surface area contributed by atoms with Crippen LogP contribution in [0.4, 0.5) is 0 Å². The van der Waals surface area contributed by atoms with Gasteiger partial charge in [0.15, 0.2) is 0 Å². The van der Waals surface area contributed by atoms with Crippen LogP contribution in [-0.4, -0.2) is 34.5 Å². The molecule has 114 valence electrons. The van der Waals surface area contributed by atoms with Crippen molar-refractivity contribution < 1.29 is 0 Å². The van der Waals surface area contributed by atoms with E-state index in [2.05, 4.69) is 5.10 Å². The molecular weight excluding hydrogens is 268 g/mol. The molecule has 0 N–H and O–H groups in total. The van der Waals surface area contributed by atoms with Gasteiger partial charge in [-0.2, -0.15) is 5.10 Å². The first-order chi connectivity index (χ1) is 10.0. The molecule has 21 heavy (non-hydrogen) atoms. The van der Waals surface area contributed by atoms with Gasteiger partial charge in [0.2, 0.25) is 0 Å². The first-order valence-electron chi connectivity index (χ1n) is 7.60. The Balaban J connectivity index is 2.00. The molecule has 0 saturated heterocycles. The molecule has 0 bridgehead atoms. The Hall–Kier alpha value is -1.85. The maximum absolute atomic E-state index is 12.6. The number of aromatic nitrogens is 2. The van der Waals surface area contributed by atoms with Gasteiger partial charge in [0.05, 0.1) is 11.9 Å². The van der Waals surface area contributed by atoms with E-state index in [0.29, 0.717) is 30.6 Å². The molecule has 3 rings (SSSR count). The average Bonchev–Trinajstić information content (AvgIpc) is 3.31. The fourth-order valence-corrected chi connectivity index (χ4v) is 2.38. The molecule has 2 saturated carbocycles. The van der Waals surface area contributed by atoms with Crippen LogP contribution in [0, 0.1) is 11.8 Å². The normalized spacial score (nSPS) is 18.4. The molecule has 0 atom stereocenters. The molecule has 1 aromatic heterocycles. The molecule has 0 aromatic carbocycles. The molecular formula is C15H22N4O2. The van der Waals surface area contributed by atoms with E-state index in [9.17, 15) is 9.59 Å². The van der Waals surface area contributed by atoms with Crippen LogP contribution in [0.5, 0.6) is 0 Å². The van der Waals surface area contributed by atoms with Gasteiger partial charge in [0, 0.05) is 33.3 Å². The van der Waals surface area contributed by atoms with Crippen LogP contribution < -0.4 is 11.2 Å². The van der Waals surface area contributed by atoms with Crippen molar-refractivity contribution in [3.63, 3.8) is 0 Å². The van der Waals surface area contributed by atoms with Crippen LogP contribution in [-0.2, 0) is 13.1 Å². The number of hydrogen-bond donors (Lipinski definition) is 0. The van der Waals surface area contributed by atoms with Gasteiger partial charge in [-0.05, 0) is 37.5 Å². The maximum atomic E-state index is 12.6. The summed E-state index contributed by atoms with van der Waals surface area (Å²) in [5.74, 6) is 1.08. The third-order valence-electron chi connectivity index (χ3n) is 4.01. The summed E-state index contributed by atoms with van der Waals surface area (Å²) < 4.78 is 3.11. The van der Waals surface area contributed by atoms with E-state index in [1.54, 1.807) is 21.9 Å². The summed E-state index contributed by atoms with van der Waals surface area (Å²) in [6.07, 6.45) is 6.18. The van der Waals surface area contributed by atoms with E-state index >= 15 is 0 Å². The summed E-state index contributed by atoms with van der Waals surface area (Å²) in [5, 5.41) is 5.82. The van der Waals surface area contributed by atoms with Crippen molar-refractivity contribution in [1.82, 2.24) is 14.1 Å². The lowest BCUT2D eigenvalue weighted by Gasteiger charge is -2.13. The first-order valence-corrected chi connectivity index (χ1v) is 7.60. The molecule has 0 unspecified atom stereocenters. The van der Waals surface area contributed by atoms with Gasteiger partial charge in [-0.15, -0.1) is 0 Å². The van der Waals surface area contributed by atoms with Gasteiger partial charge in [0.25, 0.3) is 5.56 Å². The van der Waals surface area contributed by atoms with Crippen LogP contribution in [0.1, 0.15) is 31.4 Å². The monoisotopic (exact) mass is 290 g/mol. The second-order valence-electron chi connectivity index (χ2n) is 6.39. The van der Waals surface area contributed by atoms with Gasteiger partial charge in [-0.1, -0.05) is 0 Å². The maximum Gasteiger partial charge on any atom is 0.331 e. The Morgan fingerprint density at radius 3 is 2.24 bits per heavy atom. The zero-order valence-electron chi connectivity index (χ0n) is 12.7. The molecule has 1 aromatic rings. The highest BCUT2D eigenvalue weighted by atomic mass is 16.2. The van der Waals surface area contributed by atoms with Gasteiger partial charge in [-0.25, -0.2) is 4.79 Å². The minimum atomic E-state index is -0.209. The Labute approximate surface area is 123 Å². The third kappa shape index (κ3) is 3.43. The Morgan fingerprint density at radius 2 is 1.71 bits per heavy atom. The lowest BCUT2D eigenvalue weighted by molar-refractivity contribution is 0.439. The van der Waals surface area contributed by atoms with Crippen LogP contribution in [0.25, 0.3) is 0 Å². The van der Waals surface area contributed by atoms with Crippen molar-refractivity contribution in [2.45, 2.75) is 38.8 Å². The van der Waals surface area contributed by atoms with Crippen LogP contribution in [0.3, 0.4) is 0 Å². The van der Waals surface area contributed by atoms with E-state index in [4.69, 9.17) is 0 Å². The highest BCUT2D eigenvalue weighted by Gasteiger charge is 2.26. The van der Waals surface area contributed by atoms with E-state index in [1.807, 2.05) is 14.1 Å². The quantitative estimate of drug-likeness (QED) is 0.573. The zero-order chi connectivity index (χ0) is 15.0. The molecule has 2 aliphatic carbocycles. The number of hydrazone groups is 1. The topological polar surface area (TPSA) is 59.6 Å². The molecule has 6 heteroatoms. The standard InChI is InChI=1S/C15H22N4O2/c1-17(2)16-8-13-7-14(20)19(10-12-5-6-12)15(21)18(13)9-11-3-4-11/h7-8,11-12H,3-6,9-10H2,1-2H3/b16-8+. The lowest BCUT2D eigenvalue weighted by Crippen LogP contribution is -2.42. The molecule has 1 heterocycles. The summed E-state index contributed by atoms with van der Waals surface area (Å²) in [6.45, 7) is 1.26. The van der Waals surface area contributed by atoms with Gasteiger partial charge in [-0.3, -0.25) is 13.9 Å². The molecule has 0 spiro atoms. The fourth-order valence-electron chi connectivity index (χ4n) is 2.38. The van der Waals surface area contributed by atoms with Crippen molar-refractivity contribution in [3.8, 4) is 0 Å². The second-order valence-corrected chi connectivity index (χ2v) is 6.39. The largest absolute Gasteiger partial charge is 0.331 e. The average molecular weight is 290 g/mol. The van der Waals surface area contributed by atoms with Gasteiger partial charge >= 0.3 is 5.69 Å². The third-order valence-corrected chi connectivity index (χ3v) is 4.01. The molecule has 0 aliphatic heterocycles. The van der Waals surface area contributed by atoms with E-state index in [-0.39, 0.29) is 11.2 Å². The number of nitrogens with zero attached hydrogens (tertiary/aromatic N) is 4. The van der Waals surface area contributed by atoms with Crippen molar-refractivity contribution in [1.29, 1.82) is 0 Å². The minimum absolute atomic E-state index is 0.179. The van der Waals surface area contributed by atoms with Crippen molar-refractivity contribution in [2.75, 3.05) is 14.1 Å². The Kier molecular flexibility index (Phi) is 3.69. The van der Waals surface area contributed by atoms with Crippen LogP contribution >= 0.6 is 0 Å². The van der Waals surface area contributed by atoms with Crippen LogP contribution in [0.2, 0.25) is 0 Å². The predicted octanol–water partition coefficient (Wildman–Crippen LogP) is 0.725. The summed E-state index contributed by atoms with van der Waals surface area (Å²) in [4.78, 5) is 24.8. The molecule has 2 aliphatic rings. The summed E-state index contributed by atoms with van der Waals surface area (Å²) in [7, 11) is 3.63.